The number of hydrogen-bond donors (Lipinski definition) is 1. The summed E-state index contributed by atoms with van der Waals surface area (Å²) in [5.41, 5.74) is -0.557. The second kappa shape index (κ2) is 4.42. The monoisotopic (exact) mass is 214 g/mol. The molecule has 0 aliphatic heterocycles. The van der Waals surface area contributed by atoms with Crippen LogP contribution in [0.3, 0.4) is 0 Å². The average Bonchev–Trinajstić information content (AvgIpc) is 2.00. The van der Waals surface area contributed by atoms with Gasteiger partial charge in [0.25, 0.3) is 0 Å². The summed E-state index contributed by atoms with van der Waals surface area (Å²) in [6, 6.07) is 0. The van der Waals surface area contributed by atoms with Gasteiger partial charge in [0.05, 0.1) is 17.3 Å². The molecule has 2 heteroatoms. The highest BCUT2D eigenvalue weighted by atomic mass is 16.5. The van der Waals surface area contributed by atoms with Crippen molar-refractivity contribution in [3.8, 4) is 0 Å². The molecule has 1 N–H and O–H groups in total. The van der Waals surface area contributed by atoms with E-state index in [9.17, 15) is 5.11 Å². The van der Waals surface area contributed by atoms with Crippen LogP contribution in [0.25, 0.3) is 0 Å². The lowest BCUT2D eigenvalue weighted by Crippen LogP contribution is -2.37. The van der Waals surface area contributed by atoms with Gasteiger partial charge in [-0.3, -0.25) is 0 Å². The predicted molar refractivity (Wildman–Crippen MR) is 62.9 cm³/mol. The second-order valence-corrected chi connectivity index (χ2v) is 6.36. The fraction of sp³-hybridized carbons (Fsp3) is 1.00. The van der Waals surface area contributed by atoms with E-state index in [1.54, 1.807) is 0 Å². The van der Waals surface area contributed by atoms with Gasteiger partial charge in [0, 0.05) is 0 Å². The molecule has 1 aliphatic carbocycles. The zero-order valence-corrected chi connectivity index (χ0v) is 10.8. The van der Waals surface area contributed by atoms with Gasteiger partial charge in [-0.25, -0.2) is 0 Å². The van der Waals surface area contributed by atoms with Crippen LogP contribution in [-0.2, 0) is 4.74 Å². The van der Waals surface area contributed by atoms with Crippen LogP contribution in [0.5, 0.6) is 0 Å². The molecule has 0 spiro atoms. The maximum Gasteiger partial charge on any atom is 0.0619 e. The third-order valence-corrected chi connectivity index (χ3v) is 3.19. The van der Waals surface area contributed by atoms with E-state index in [1.807, 2.05) is 13.8 Å². The molecule has 90 valence electrons. The zero-order valence-electron chi connectivity index (χ0n) is 10.8. The lowest BCUT2D eigenvalue weighted by atomic mass is 9.78. The molecule has 1 fully saturated rings. The van der Waals surface area contributed by atoms with Crippen molar-refractivity contribution in [1.82, 2.24) is 0 Å². The van der Waals surface area contributed by atoms with Crippen molar-refractivity contribution >= 4 is 0 Å². The standard InChI is InChI=1S/C13H26O2/c1-12(2,3)15-11-8-6-10(7-9-11)13(4,5)14/h10-11,14H,6-9H2,1-5H3. The van der Waals surface area contributed by atoms with Crippen molar-refractivity contribution in [2.24, 2.45) is 5.92 Å². The zero-order chi connectivity index (χ0) is 11.7. The van der Waals surface area contributed by atoms with E-state index in [2.05, 4.69) is 20.8 Å². The summed E-state index contributed by atoms with van der Waals surface area (Å²) in [5, 5.41) is 9.92. The molecule has 1 saturated carbocycles. The average molecular weight is 214 g/mol. The van der Waals surface area contributed by atoms with Gasteiger partial charge in [0.2, 0.25) is 0 Å². The van der Waals surface area contributed by atoms with Crippen molar-refractivity contribution in [3.63, 3.8) is 0 Å². The highest BCUT2D eigenvalue weighted by molar-refractivity contribution is 4.84. The molecule has 0 aromatic carbocycles. The van der Waals surface area contributed by atoms with Crippen molar-refractivity contribution in [1.29, 1.82) is 0 Å². The van der Waals surface area contributed by atoms with Gasteiger partial charge in [-0.1, -0.05) is 0 Å². The minimum atomic E-state index is -0.521. The Morgan fingerprint density at radius 3 is 1.73 bits per heavy atom. The van der Waals surface area contributed by atoms with Crippen molar-refractivity contribution < 1.29 is 9.84 Å². The highest BCUT2D eigenvalue weighted by Gasteiger charge is 2.32. The van der Waals surface area contributed by atoms with Crippen molar-refractivity contribution in [3.05, 3.63) is 0 Å². The first-order valence-electron chi connectivity index (χ1n) is 6.09. The van der Waals surface area contributed by atoms with E-state index in [1.165, 1.54) is 0 Å². The summed E-state index contributed by atoms with van der Waals surface area (Å²) in [6.07, 6.45) is 4.75. The summed E-state index contributed by atoms with van der Waals surface area (Å²) in [5.74, 6) is 0.442. The number of hydrogen-bond acceptors (Lipinski definition) is 2. The fourth-order valence-corrected chi connectivity index (χ4v) is 2.39. The molecule has 0 radical (unpaired) electrons. The third-order valence-electron chi connectivity index (χ3n) is 3.19. The fourth-order valence-electron chi connectivity index (χ4n) is 2.39. The van der Waals surface area contributed by atoms with Crippen LogP contribution in [0, 0.1) is 5.92 Å². The topological polar surface area (TPSA) is 29.5 Å². The van der Waals surface area contributed by atoms with Gasteiger partial charge in [0.15, 0.2) is 0 Å². The summed E-state index contributed by atoms with van der Waals surface area (Å²) in [6.45, 7) is 10.2. The molecule has 0 aromatic rings. The number of rotatable bonds is 2. The normalized spacial score (nSPS) is 29.2. The maximum atomic E-state index is 9.92. The van der Waals surface area contributed by atoms with Gasteiger partial charge in [0.1, 0.15) is 0 Å². The molecule has 2 nitrogen and oxygen atoms in total. The first kappa shape index (κ1) is 13.0. The largest absolute Gasteiger partial charge is 0.390 e. The lowest BCUT2D eigenvalue weighted by Gasteiger charge is -2.37. The second-order valence-electron chi connectivity index (χ2n) is 6.36. The van der Waals surface area contributed by atoms with E-state index in [0.717, 1.165) is 25.7 Å². The molecule has 0 saturated heterocycles. The van der Waals surface area contributed by atoms with E-state index in [-0.39, 0.29) is 5.60 Å². The molecule has 15 heavy (non-hydrogen) atoms. The van der Waals surface area contributed by atoms with Gasteiger partial charge in [-0.2, -0.15) is 0 Å². The van der Waals surface area contributed by atoms with Crippen LogP contribution in [0.4, 0.5) is 0 Å². The molecule has 0 amide bonds. The SMILES string of the molecule is CC(C)(C)OC1CCC(C(C)(C)O)CC1. The summed E-state index contributed by atoms with van der Waals surface area (Å²) >= 11 is 0. The van der Waals surface area contributed by atoms with Gasteiger partial charge < -0.3 is 9.84 Å². The summed E-state index contributed by atoms with van der Waals surface area (Å²) in [7, 11) is 0. The lowest BCUT2D eigenvalue weighted by molar-refractivity contribution is -0.0936. The molecule has 1 aliphatic rings. The maximum absolute atomic E-state index is 9.92. The van der Waals surface area contributed by atoms with E-state index < -0.39 is 5.60 Å². The molecule has 0 bridgehead atoms. The molecule has 0 atom stereocenters. The Hall–Kier alpha value is -0.0800. The molecule has 0 unspecified atom stereocenters. The van der Waals surface area contributed by atoms with Gasteiger partial charge in [-0.05, 0) is 66.2 Å². The molecular weight excluding hydrogens is 188 g/mol. The van der Waals surface area contributed by atoms with Crippen LogP contribution >= 0.6 is 0 Å². The highest BCUT2D eigenvalue weighted by Crippen LogP contribution is 2.34. The van der Waals surface area contributed by atoms with E-state index >= 15 is 0 Å². The Morgan fingerprint density at radius 2 is 1.40 bits per heavy atom. The van der Waals surface area contributed by atoms with Crippen LogP contribution in [0.2, 0.25) is 0 Å². The van der Waals surface area contributed by atoms with Crippen molar-refractivity contribution in [2.45, 2.75) is 77.6 Å². The Kier molecular flexibility index (Phi) is 3.83. The van der Waals surface area contributed by atoms with Crippen LogP contribution in [0.15, 0.2) is 0 Å². The summed E-state index contributed by atoms with van der Waals surface area (Å²) < 4.78 is 5.96. The molecule has 0 heterocycles. The minimum Gasteiger partial charge on any atom is -0.390 e. The number of aliphatic hydroxyl groups is 1. The Balaban J connectivity index is 2.37. The Morgan fingerprint density at radius 1 is 0.933 bits per heavy atom. The van der Waals surface area contributed by atoms with Crippen LogP contribution in [-0.4, -0.2) is 22.4 Å². The van der Waals surface area contributed by atoms with Gasteiger partial charge >= 0.3 is 0 Å². The van der Waals surface area contributed by atoms with Crippen LogP contribution in [0.1, 0.15) is 60.3 Å². The predicted octanol–water partition coefficient (Wildman–Crippen LogP) is 3.13. The molecular formula is C13H26O2. The smallest absolute Gasteiger partial charge is 0.0619 e. The summed E-state index contributed by atoms with van der Waals surface area (Å²) in [4.78, 5) is 0. The first-order valence-corrected chi connectivity index (χ1v) is 6.09. The van der Waals surface area contributed by atoms with Crippen LogP contribution < -0.4 is 0 Å². The first-order chi connectivity index (χ1) is 6.68. The van der Waals surface area contributed by atoms with E-state index in [4.69, 9.17) is 4.74 Å². The Bertz CT molecular complexity index is 190. The minimum absolute atomic E-state index is 0.0355. The Labute approximate surface area is 94.0 Å². The molecule has 1 rings (SSSR count). The number of ether oxygens (including phenoxy) is 1. The van der Waals surface area contributed by atoms with Gasteiger partial charge in [-0.15, -0.1) is 0 Å². The molecule has 0 aromatic heterocycles. The van der Waals surface area contributed by atoms with E-state index in [0.29, 0.717) is 12.0 Å². The quantitative estimate of drug-likeness (QED) is 0.765. The third kappa shape index (κ3) is 4.52. The van der Waals surface area contributed by atoms with Crippen molar-refractivity contribution in [2.75, 3.05) is 0 Å².